The Labute approximate surface area is 109 Å². The topological polar surface area (TPSA) is 68.0 Å². The van der Waals surface area contributed by atoms with Crippen molar-refractivity contribution in [2.75, 3.05) is 0 Å². The average Bonchev–Trinajstić information content (AvgIpc) is 2.77. The summed E-state index contributed by atoms with van der Waals surface area (Å²) in [7, 11) is 0. The second-order valence-corrected chi connectivity index (χ2v) is 4.24. The van der Waals surface area contributed by atoms with Crippen molar-refractivity contribution in [2.24, 2.45) is 0 Å². The highest BCUT2D eigenvalue weighted by Gasteiger charge is 2.20. The van der Waals surface area contributed by atoms with Crippen LogP contribution in [0.2, 0.25) is 0 Å². The quantitative estimate of drug-likeness (QED) is 0.919. The number of carboxylic acids is 1. The Morgan fingerprint density at radius 3 is 2.84 bits per heavy atom. The fourth-order valence-corrected chi connectivity index (χ4v) is 1.95. The summed E-state index contributed by atoms with van der Waals surface area (Å²) < 4.78 is 15.0. The first-order valence-electron chi connectivity index (χ1n) is 5.99. The van der Waals surface area contributed by atoms with Crippen LogP contribution in [-0.4, -0.2) is 26.1 Å². The highest BCUT2D eigenvalue weighted by Crippen LogP contribution is 2.20. The van der Waals surface area contributed by atoms with Gasteiger partial charge in [0.2, 0.25) is 0 Å². The summed E-state index contributed by atoms with van der Waals surface area (Å²) in [5, 5.41) is 16.6. The number of nitrogens with zero attached hydrogens (tertiary/aromatic N) is 3. The van der Waals surface area contributed by atoms with Crippen LogP contribution >= 0.6 is 0 Å². The van der Waals surface area contributed by atoms with Gasteiger partial charge in [0, 0.05) is 5.56 Å². The van der Waals surface area contributed by atoms with E-state index in [0.717, 1.165) is 6.42 Å². The van der Waals surface area contributed by atoms with E-state index in [2.05, 4.69) is 10.3 Å². The number of aromatic carboxylic acids is 1. The van der Waals surface area contributed by atoms with E-state index in [0.29, 0.717) is 23.4 Å². The fraction of sp³-hybridized carbons (Fsp3) is 0.308. The van der Waals surface area contributed by atoms with Crippen LogP contribution in [0.1, 0.15) is 35.1 Å². The maximum absolute atomic E-state index is 13.6. The number of hydrogen-bond donors (Lipinski definition) is 1. The molecule has 0 bridgehead atoms. The summed E-state index contributed by atoms with van der Waals surface area (Å²) in [5.74, 6) is -1.48. The van der Waals surface area contributed by atoms with E-state index in [1.165, 1.54) is 10.7 Å². The van der Waals surface area contributed by atoms with Gasteiger partial charge in [-0.3, -0.25) is 0 Å². The lowest BCUT2D eigenvalue weighted by Crippen LogP contribution is -2.08. The molecule has 0 amide bonds. The number of carboxylic acid groups (broad SMARTS) is 1. The summed E-state index contributed by atoms with van der Waals surface area (Å²) in [6.45, 7) is 3.56. The van der Waals surface area contributed by atoms with E-state index < -0.39 is 5.97 Å². The molecule has 5 nitrogen and oxygen atoms in total. The van der Waals surface area contributed by atoms with Crippen molar-refractivity contribution in [3.8, 4) is 5.69 Å². The van der Waals surface area contributed by atoms with Crippen molar-refractivity contribution < 1.29 is 14.3 Å². The number of carbonyl (C=O) groups is 1. The predicted octanol–water partition coefficient (Wildman–Crippen LogP) is 2.37. The third-order valence-electron chi connectivity index (χ3n) is 2.92. The Morgan fingerprint density at radius 2 is 2.21 bits per heavy atom. The molecule has 6 heteroatoms. The van der Waals surface area contributed by atoms with Gasteiger partial charge in [0.15, 0.2) is 5.69 Å². The Bertz CT molecular complexity index is 622. The van der Waals surface area contributed by atoms with Gasteiger partial charge in [-0.15, -0.1) is 5.10 Å². The molecule has 0 radical (unpaired) electrons. The zero-order valence-electron chi connectivity index (χ0n) is 10.7. The lowest BCUT2D eigenvalue weighted by Gasteiger charge is -2.09. The zero-order valence-corrected chi connectivity index (χ0v) is 10.7. The largest absolute Gasteiger partial charge is 0.476 e. The molecule has 0 saturated heterocycles. The number of aromatic nitrogens is 3. The van der Waals surface area contributed by atoms with Gasteiger partial charge in [0.05, 0.1) is 11.4 Å². The van der Waals surface area contributed by atoms with Crippen molar-refractivity contribution in [2.45, 2.75) is 26.7 Å². The summed E-state index contributed by atoms with van der Waals surface area (Å²) >= 11 is 0. The maximum atomic E-state index is 13.6. The third-order valence-corrected chi connectivity index (χ3v) is 2.92. The van der Waals surface area contributed by atoms with Crippen molar-refractivity contribution in [1.29, 1.82) is 0 Å². The Balaban J connectivity index is 2.62. The van der Waals surface area contributed by atoms with Gasteiger partial charge in [-0.05, 0) is 25.5 Å². The van der Waals surface area contributed by atoms with Crippen LogP contribution < -0.4 is 0 Å². The van der Waals surface area contributed by atoms with Gasteiger partial charge in [0.25, 0.3) is 0 Å². The van der Waals surface area contributed by atoms with Gasteiger partial charge in [-0.25, -0.2) is 13.9 Å². The smallest absolute Gasteiger partial charge is 0.358 e. The lowest BCUT2D eigenvalue weighted by atomic mass is 10.1. The molecule has 0 fully saturated rings. The number of halogens is 1. The molecule has 19 heavy (non-hydrogen) atoms. The predicted molar refractivity (Wildman–Crippen MR) is 67.0 cm³/mol. The molecule has 0 spiro atoms. The van der Waals surface area contributed by atoms with Crippen molar-refractivity contribution in [3.63, 3.8) is 0 Å². The first kappa shape index (κ1) is 13.2. The molecule has 1 N–H and O–H groups in total. The Morgan fingerprint density at radius 1 is 1.47 bits per heavy atom. The molecule has 2 rings (SSSR count). The summed E-state index contributed by atoms with van der Waals surface area (Å²) in [6, 6.07) is 4.61. The van der Waals surface area contributed by atoms with Gasteiger partial charge in [-0.2, -0.15) is 0 Å². The van der Waals surface area contributed by atoms with Crippen LogP contribution in [0.5, 0.6) is 0 Å². The van der Waals surface area contributed by atoms with E-state index >= 15 is 0 Å². The second kappa shape index (κ2) is 5.17. The molecule has 0 aliphatic rings. The van der Waals surface area contributed by atoms with Crippen LogP contribution in [0, 0.1) is 12.7 Å². The van der Waals surface area contributed by atoms with Crippen LogP contribution in [0.3, 0.4) is 0 Å². The van der Waals surface area contributed by atoms with E-state index in [9.17, 15) is 9.18 Å². The first-order valence-corrected chi connectivity index (χ1v) is 5.99. The van der Waals surface area contributed by atoms with Gasteiger partial charge >= 0.3 is 5.97 Å². The van der Waals surface area contributed by atoms with Gasteiger partial charge in [-0.1, -0.05) is 24.6 Å². The minimum absolute atomic E-state index is 0.0782. The zero-order chi connectivity index (χ0) is 14.0. The fourth-order valence-electron chi connectivity index (χ4n) is 1.95. The molecule has 0 aliphatic carbocycles. The lowest BCUT2D eigenvalue weighted by molar-refractivity contribution is 0.0689. The minimum atomic E-state index is -1.12. The van der Waals surface area contributed by atoms with Crippen LogP contribution in [-0.2, 0) is 6.42 Å². The summed E-state index contributed by atoms with van der Waals surface area (Å²) in [6.07, 6.45) is 1.27. The van der Waals surface area contributed by atoms with Crippen molar-refractivity contribution >= 4 is 5.97 Å². The van der Waals surface area contributed by atoms with Gasteiger partial charge in [0.1, 0.15) is 5.82 Å². The van der Waals surface area contributed by atoms with Crippen LogP contribution in [0.15, 0.2) is 18.2 Å². The molecule has 1 aromatic carbocycles. The normalized spacial score (nSPS) is 10.7. The Kier molecular flexibility index (Phi) is 3.59. The molecule has 0 saturated carbocycles. The summed E-state index contributed by atoms with van der Waals surface area (Å²) in [4.78, 5) is 11.1. The second-order valence-electron chi connectivity index (χ2n) is 4.24. The van der Waals surface area contributed by atoms with E-state index in [4.69, 9.17) is 5.11 Å². The first-order chi connectivity index (χ1) is 9.06. The molecule has 100 valence electrons. The molecule has 1 heterocycles. The molecule has 0 atom stereocenters. The monoisotopic (exact) mass is 263 g/mol. The van der Waals surface area contributed by atoms with E-state index in [1.807, 2.05) is 6.92 Å². The van der Waals surface area contributed by atoms with Crippen molar-refractivity contribution in [3.05, 3.63) is 41.0 Å². The molecule has 0 unspecified atom stereocenters. The molecule has 0 aliphatic heterocycles. The minimum Gasteiger partial charge on any atom is -0.476 e. The molecule has 1 aromatic heterocycles. The number of hydrogen-bond acceptors (Lipinski definition) is 3. The molecular weight excluding hydrogens is 249 g/mol. The number of rotatable bonds is 4. The third kappa shape index (κ3) is 2.33. The molecule has 2 aromatic rings. The number of benzene rings is 1. The van der Waals surface area contributed by atoms with Crippen LogP contribution in [0.4, 0.5) is 4.39 Å². The van der Waals surface area contributed by atoms with E-state index in [-0.39, 0.29) is 11.5 Å². The maximum Gasteiger partial charge on any atom is 0.358 e. The van der Waals surface area contributed by atoms with Crippen molar-refractivity contribution in [1.82, 2.24) is 15.0 Å². The highest BCUT2D eigenvalue weighted by molar-refractivity contribution is 5.86. The van der Waals surface area contributed by atoms with E-state index in [1.54, 1.807) is 19.1 Å². The SMILES string of the molecule is CCCc1c(C(=O)O)nnn1-c1cccc(F)c1C. The standard InChI is InChI=1S/C13H14FN3O2/c1-3-5-11-12(13(18)19)15-16-17(11)10-7-4-6-9(14)8(10)2/h4,6-7H,3,5H2,1-2H3,(H,18,19). The highest BCUT2D eigenvalue weighted by atomic mass is 19.1. The van der Waals surface area contributed by atoms with Crippen LogP contribution in [0.25, 0.3) is 5.69 Å². The molecular formula is C13H14FN3O2. The average molecular weight is 263 g/mol. The van der Waals surface area contributed by atoms with Gasteiger partial charge < -0.3 is 5.11 Å². The summed E-state index contributed by atoms with van der Waals surface area (Å²) in [5.41, 5.74) is 1.35. The Hall–Kier alpha value is -2.24.